The second-order valence-electron chi connectivity index (χ2n) is 17.4. The summed E-state index contributed by atoms with van der Waals surface area (Å²) in [5.41, 5.74) is 0. The number of aliphatic hydroxyl groups excluding tert-OH is 3. The smallest absolute Gasteiger partial charge is 0.462 e. The van der Waals surface area contributed by atoms with E-state index in [1.54, 1.807) is 42.5 Å². The molecule has 63 heavy (non-hydrogen) atoms. The third-order valence-corrected chi connectivity index (χ3v) is 11.1. The Morgan fingerprint density at radius 2 is 1.14 bits per heavy atom. The molecule has 5 atom stereocenters. The van der Waals surface area contributed by atoms with Crippen molar-refractivity contribution in [3.8, 4) is 0 Å². The molecule has 0 saturated heterocycles. The average molecular weight is 911 g/mol. The molecule has 364 valence electrons. The quantitative estimate of drug-likeness (QED) is 0.0115. The van der Waals surface area contributed by atoms with E-state index in [0.29, 0.717) is 17.4 Å². The van der Waals surface area contributed by atoms with Gasteiger partial charge in [0.15, 0.2) is 6.10 Å². The van der Waals surface area contributed by atoms with Crippen LogP contribution in [0.3, 0.4) is 0 Å². The number of esters is 2. The molecule has 12 nitrogen and oxygen atoms in total. The van der Waals surface area contributed by atoms with E-state index >= 15 is 0 Å². The molecule has 0 spiro atoms. The van der Waals surface area contributed by atoms with E-state index in [2.05, 4.69) is 38.2 Å². The van der Waals surface area contributed by atoms with E-state index < -0.39 is 50.8 Å². The van der Waals surface area contributed by atoms with Crippen LogP contribution >= 0.6 is 7.82 Å². The van der Waals surface area contributed by atoms with Gasteiger partial charge in [-0.1, -0.05) is 164 Å². The number of rotatable bonds is 42. The highest BCUT2D eigenvalue weighted by atomic mass is 31.2. The number of quaternary nitrogens is 1. The predicted octanol–water partition coefficient (Wildman–Crippen LogP) is 10.7. The number of carbonyl (C=O) groups is 2. The topological polar surface area (TPSA) is 169 Å². The molecule has 4 N–H and O–H groups in total. The Bertz CT molecular complexity index is 1350. The number of phosphoric ester groups is 1. The largest absolute Gasteiger partial charge is 0.472 e. The van der Waals surface area contributed by atoms with Gasteiger partial charge >= 0.3 is 19.8 Å². The van der Waals surface area contributed by atoms with Crippen molar-refractivity contribution < 1.29 is 57.4 Å². The maximum absolute atomic E-state index is 12.8. The van der Waals surface area contributed by atoms with E-state index in [4.69, 9.17) is 18.5 Å². The molecule has 0 aliphatic carbocycles. The van der Waals surface area contributed by atoms with Crippen LogP contribution in [0.25, 0.3) is 0 Å². The van der Waals surface area contributed by atoms with Crippen LogP contribution in [0.1, 0.15) is 162 Å². The van der Waals surface area contributed by atoms with E-state index in [9.17, 15) is 34.4 Å². The van der Waals surface area contributed by atoms with Crippen LogP contribution in [0.15, 0.2) is 72.9 Å². The zero-order chi connectivity index (χ0) is 46.9. The molecule has 0 aromatic carbocycles. The van der Waals surface area contributed by atoms with E-state index in [-0.39, 0.29) is 38.9 Å². The number of aliphatic hydroxyl groups is 3. The number of hydrogen-bond donors (Lipinski definition) is 4. The van der Waals surface area contributed by atoms with Gasteiger partial charge in [-0.05, 0) is 57.8 Å². The maximum atomic E-state index is 12.8. The third kappa shape index (κ3) is 43.0. The highest BCUT2D eigenvalue weighted by Gasteiger charge is 2.27. The molecule has 0 aromatic heterocycles. The van der Waals surface area contributed by atoms with Gasteiger partial charge in [0.05, 0.1) is 46.1 Å². The lowest BCUT2D eigenvalue weighted by molar-refractivity contribution is -0.870. The number of likely N-dealkylation sites (N-methyl/N-ethyl adjacent to an activating group) is 1. The lowest BCUT2D eigenvalue weighted by atomic mass is 10.1. The van der Waals surface area contributed by atoms with Crippen LogP contribution in [-0.4, -0.2) is 109 Å². The summed E-state index contributed by atoms with van der Waals surface area (Å²) in [6.07, 6.45) is 40.3. The number of nitrogens with zero attached hydrogens (tertiary/aromatic N) is 1. The maximum Gasteiger partial charge on any atom is 0.472 e. The normalized spacial score (nSPS) is 15.6. The molecule has 1 unspecified atom stereocenters. The summed E-state index contributed by atoms with van der Waals surface area (Å²) in [7, 11) is 1.25. The van der Waals surface area contributed by atoms with Crippen molar-refractivity contribution in [2.45, 2.75) is 186 Å². The number of unbranched alkanes of at least 4 members (excludes halogenated alkanes) is 14. The molecule has 0 radical (unpaired) electrons. The van der Waals surface area contributed by atoms with Gasteiger partial charge in [-0.3, -0.25) is 18.6 Å². The molecule has 0 saturated carbocycles. The first-order valence-corrected chi connectivity index (χ1v) is 25.5. The Hall–Kier alpha value is -2.67. The van der Waals surface area contributed by atoms with Gasteiger partial charge in [-0.2, -0.15) is 0 Å². The first-order valence-electron chi connectivity index (χ1n) is 24.0. The molecule has 0 aliphatic rings. The SMILES string of the molecule is CCCCC/C=C\C/C=C\CCCCCCCCCCCC(=O)OC[C@H](COP(=O)(O)OCC[N+](C)(C)C)OC(=O)CCC[C@H](O)[C@@H](O)/C=C/C=C/C=C\C=C\[C@@H](O)CCCCC. The molecular weight excluding hydrogens is 822 g/mol. The Balaban J connectivity index is 4.62. The number of carbonyl (C=O) groups excluding carboxylic acids is 2. The minimum atomic E-state index is -4.48. The van der Waals surface area contributed by atoms with Crippen LogP contribution in [0.5, 0.6) is 0 Å². The van der Waals surface area contributed by atoms with Crippen LogP contribution < -0.4 is 0 Å². The molecule has 0 rings (SSSR count). The van der Waals surface area contributed by atoms with Gasteiger partial charge in [0.2, 0.25) is 0 Å². The molecule has 0 bridgehead atoms. The number of hydrogen-bond acceptors (Lipinski definition) is 10. The van der Waals surface area contributed by atoms with Crippen molar-refractivity contribution in [3.05, 3.63) is 72.9 Å². The van der Waals surface area contributed by atoms with E-state index in [0.717, 1.165) is 57.8 Å². The molecule has 0 amide bonds. The first kappa shape index (κ1) is 60.3. The van der Waals surface area contributed by atoms with Crippen LogP contribution in [0.2, 0.25) is 0 Å². The van der Waals surface area contributed by atoms with Crippen molar-refractivity contribution in [2.24, 2.45) is 0 Å². The fourth-order valence-electron chi connectivity index (χ4n) is 6.13. The lowest BCUT2D eigenvalue weighted by Crippen LogP contribution is -2.37. The first-order chi connectivity index (χ1) is 30.2. The number of phosphoric acid groups is 1. The molecule has 0 heterocycles. The zero-order valence-electron chi connectivity index (χ0n) is 39.9. The van der Waals surface area contributed by atoms with Crippen molar-refractivity contribution >= 4 is 19.8 Å². The van der Waals surface area contributed by atoms with Crippen molar-refractivity contribution in [2.75, 3.05) is 47.5 Å². The van der Waals surface area contributed by atoms with Gasteiger partial charge in [-0.25, -0.2) is 4.57 Å². The monoisotopic (exact) mass is 911 g/mol. The molecular formula is C50H89NO11P+. The summed E-state index contributed by atoms with van der Waals surface area (Å²) in [5, 5.41) is 30.6. The molecule has 0 fully saturated rings. The fraction of sp³-hybridized carbons (Fsp3) is 0.720. The van der Waals surface area contributed by atoms with Crippen molar-refractivity contribution in [1.29, 1.82) is 0 Å². The fourth-order valence-corrected chi connectivity index (χ4v) is 6.87. The summed E-state index contributed by atoms with van der Waals surface area (Å²) >= 11 is 0. The zero-order valence-corrected chi connectivity index (χ0v) is 40.8. The van der Waals surface area contributed by atoms with Crippen LogP contribution in [-0.2, 0) is 32.7 Å². The summed E-state index contributed by atoms with van der Waals surface area (Å²) in [6.45, 7) is 3.88. The summed E-state index contributed by atoms with van der Waals surface area (Å²) in [6, 6.07) is 0. The standard InChI is InChI=1S/C50H88NO11P/c1-6-8-10-11-12-13-14-15-16-17-18-19-20-21-22-23-24-29-33-39-49(55)59-43-46(44-61-63(57,58)60-42-41-51(3,4)5)62-50(56)40-34-38-48(54)47(53)37-32-28-26-25-27-31-36-45(52)35-30-9-7-2/h12-13,15-16,25-28,31-32,36-37,45-48,52-54H,6-11,14,17-24,29-30,33-35,38-44H2,1-5H3/p+1/b13-12-,16-15-,27-25-,28-26+,36-31+,37-32+/t45-,46+,47-,48-/m0/s1. The minimum Gasteiger partial charge on any atom is -0.462 e. The number of allylic oxidation sites excluding steroid dienone is 10. The van der Waals surface area contributed by atoms with E-state index in [1.807, 2.05) is 21.1 Å². The Morgan fingerprint density at radius 1 is 0.603 bits per heavy atom. The van der Waals surface area contributed by atoms with Gasteiger partial charge < -0.3 is 34.2 Å². The number of ether oxygens (including phenoxy) is 2. The summed E-state index contributed by atoms with van der Waals surface area (Å²) < 4.78 is 34.1. The Morgan fingerprint density at radius 3 is 1.76 bits per heavy atom. The second-order valence-corrected chi connectivity index (χ2v) is 18.8. The molecule has 13 heteroatoms. The minimum absolute atomic E-state index is 0.0360. The second kappa shape index (κ2) is 40.8. The third-order valence-electron chi connectivity index (χ3n) is 10.1. The summed E-state index contributed by atoms with van der Waals surface area (Å²) in [4.78, 5) is 35.5. The van der Waals surface area contributed by atoms with Gasteiger partial charge in [-0.15, -0.1) is 0 Å². The van der Waals surface area contributed by atoms with Crippen LogP contribution in [0, 0.1) is 0 Å². The predicted molar refractivity (Wildman–Crippen MR) is 256 cm³/mol. The Labute approximate surface area is 382 Å². The van der Waals surface area contributed by atoms with Crippen molar-refractivity contribution in [1.82, 2.24) is 0 Å². The van der Waals surface area contributed by atoms with E-state index in [1.165, 1.54) is 63.9 Å². The van der Waals surface area contributed by atoms with Gasteiger partial charge in [0.1, 0.15) is 19.8 Å². The average Bonchev–Trinajstić information content (AvgIpc) is 3.23. The lowest BCUT2D eigenvalue weighted by Gasteiger charge is -2.24. The van der Waals surface area contributed by atoms with Gasteiger partial charge in [0.25, 0.3) is 0 Å². The molecule has 0 aromatic rings. The highest BCUT2D eigenvalue weighted by Crippen LogP contribution is 2.43. The Kier molecular flexibility index (Phi) is 39.1. The van der Waals surface area contributed by atoms with Crippen molar-refractivity contribution in [3.63, 3.8) is 0 Å². The highest BCUT2D eigenvalue weighted by molar-refractivity contribution is 7.47. The van der Waals surface area contributed by atoms with Crippen LogP contribution in [0.4, 0.5) is 0 Å². The summed E-state index contributed by atoms with van der Waals surface area (Å²) in [5.74, 6) is -1.14. The molecule has 0 aliphatic heterocycles. The van der Waals surface area contributed by atoms with Gasteiger partial charge in [0, 0.05) is 12.8 Å².